The number of nitrogens with zero attached hydrogens (tertiary/aromatic N) is 3. The molecule has 1 amide bonds. The Bertz CT molecular complexity index is 853. The predicted octanol–water partition coefficient (Wildman–Crippen LogP) is 3.19. The lowest BCUT2D eigenvalue weighted by Crippen LogP contribution is -2.07. The van der Waals surface area contributed by atoms with Crippen LogP contribution in [0.2, 0.25) is 0 Å². The first-order valence-corrected chi connectivity index (χ1v) is 7.81. The van der Waals surface area contributed by atoms with E-state index in [2.05, 4.69) is 31.1 Å². The average Bonchev–Trinajstić information content (AvgIpc) is 2.61. The molecule has 0 aliphatic rings. The Kier molecular flexibility index (Phi) is 5.16. The number of rotatable bonds is 6. The molecule has 3 rings (SSSR count). The van der Waals surface area contributed by atoms with Crippen molar-refractivity contribution >= 4 is 29.0 Å². The summed E-state index contributed by atoms with van der Waals surface area (Å²) in [5.74, 6) is 0.880. The van der Waals surface area contributed by atoms with Gasteiger partial charge in [0.15, 0.2) is 5.82 Å². The van der Waals surface area contributed by atoms with E-state index < -0.39 is 0 Å². The number of anilines is 4. The van der Waals surface area contributed by atoms with Crippen molar-refractivity contribution in [2.45, 2.75) is 13.5 Å². The number of nitrogens with one attached hydrogen (secondary N) is 3. The second-order valence-electron chi connectivity index (χ2n) is 5.39. The average molecular weight is 334 g/mol. The zero-order chi connectivity index (χ0) is 17.5. The molecule has 126 valence electrons. The molecule has 0 spiro atoms. The summed E-state index contributed by atoms with van der Waals surface area (Å²) in [4.78, 5) is 15.5. The predicted molar refractivity (Wildman–Crippen MR) is 97.6 cm³/mol. The summed E-state index contributed by atoms with van der Waals surface area (Å²) in [5, 5.41) is 17.0. The van der Waals surface area contributed by atoms with Crippen LogP contribution in [0, 0.1) is 0 Å². The molecule has 0 aliphatic heterocycles. The second kappa shape index (κ2) is 7.87. The highest BCUT2D eigenvalue weighted by atomic mass is 16.1. The molecule has 1 aromatic heterocycles. The van der Waals surface area contributed by atoms with Crippen LogP contribution in [-0.4, -0.2) is 21.1 Å². The summed E-state index contributed by atoms with van der Waals surface area (Å²) in [5.41, 5.74) is 2.63. The summed E-state index contributed by atoms with van der Waals surface area (Å²) in [6.07, 6.45) is 1.54. The monoisotopic (exact) mass is 334 g/mol. The van der Waals surface area contributed by atoms with Gasteiger partial charge in [0.2, 0.25) is 11.9 Å². The summed E-state index contributed by atoms with van der Waals surface area (Å²) in [7, 11) is 0. The van der Waals surface area contributed by atoms with Crippen LogP contribution in [0.5, 0.6) is 0 Å². The first-order chi connectivity index (χ1) is 12.2. The van der Waals surface area contributed by atoms with Crippen molar-refractivity contribution in [1.82, 2.24) is 15.2 Å². The fourth-order valence-electron chi connectivity index (χ4n) is 2.24. The van der Waals surface area contributed by atoms with Crippen molar-refractivity contribution in [3.05, 3.63) is 66.4 Å². The van der Waals surface area contributed by atoms with E-state index in [1.807, 2.05) is 54.6 Å². The van der Waals surface area contributed by atoms with Crippen molar-refractivity contribution in [2.24, 2.45) is 0 Å². The van der Waals surface area contributed by atoms with Crippen molar-refractivity contribution in [1.29, 1.82) is 0 Å². The zero-order valence-corrected chi connectivity index (χ0v) is 13.7. The third-order valence-electron chi connectivity index (χ3n) is 3.31. The lowest BCUT2D eigenvalue weighted by molar-refractivity contribution is -0.114. The van der Waals surface area contributed by atoms with Gasteiger partial charge in [-0.05, 0) is 23.8 Å². The molecular formula is C18H18N6O. The third-order valence-corrected chi connectivity index (χ3v) is 3.31. The molecule has 0 saturated heterocycles. The number of hydrogen-bond donors (Lipinski definition) is 3. The number of carbonyl (C=O) groups excluding carboxylic acids is 1. The molecule has 1 heterocycles. The second-order valence-corrected chi connectivity index (χ2v) is 5.39. The van der Waals surface area contributed by atoms with Crippen LogP contribution in [0.15, 0.2) is 60.8 Å². The Morgan fingerprint density at radius 3 is 2.64 bits per heavy atom. The van der Waals surface area contributed by atoms with Crippen LogP contribution in [0.4, 0.5) is 23.1 Å². The minimum Gasteiger partial charge on any atom is -0.349 e. The van der Waals surface area contributed by atoms with E-state index >= 15 is 0 Å². The third kappa shape index (κ3) is 5.00. The highest BCUT2D eigenvalue weighted by molar-refractivity contribution is 5.89. The number of hydrogen-bond acceptors (Lipinski definition) is 6. The van der Waals surface area contributed by atoms with Gasteiger partial charge in [-0.15, -0.1) is 5.10 Å². The maximum atomic E-state index is 11.1. The molecule has 3 aromatic rings. The molecule has 0 unspecified atom stereocenters. The first-order valence-electron chi connectivity index (χ1n) is 7.81. The van der Waals surface area contributed by atoms with Crippen molar-refractivity contribution in [3.63, 3.8) is 0 Å². The molecule has 25 heavy (non-hydrogen) atoms. The smallest absolute Gasteiger partial charge is 0.244 e. The number of amides is 1. The van der Waals surface area contributed by atoms with Crippen molar-refractivity contribution < 1.29 is 4.79 Å². The number of benzene rings is 2. The standard InChI is InChI=1S/C18H18N6O/c1-13(25)21-15-8-5-9-16(10-15)22-17-12-20-24-18(23-17)19-11-14-6-3-2-4-7-14/h2-10,12H,11H2,1H3,(H,21,25)(H2,19,22,23,24). The molecular weight excluding hydrogens is 316 g/mol. The molecule has 0 atom stereocenters. The van der Waals surface area contributed by atoms with Gasteiger partial charge in [0, 0.05) is 24.8 Å². The zero-order valence-electron chi connectivity index (χ0n) is 13.7. The first kappa shape index (κ1) is 16.4. The van der Waals surface area contributed by atoms with E-state index in [-0.39, 0.29) is 5.91 Å². The van der Waals surface area contributed by atoms with Gasteiger partial charge in [0.25, 0.3) is 0 Å². The Morgan fingerprint density at radius 1 is 1.04 bits per heavy atom. The Hall–Kier alpha value is -3.48. The number of aromatic nitrogens is 3. The fraction of sp³-hybridized carbons (Fsp3) is 0.111. The quantitative estimate of drug-likeness (QED) is 0.641. The van der Waals surface area contributed by atoms with E-state index in [1.165, 1.54) is 6.92 Å². The molecule has 0 radical (unpaired) electrons. The minimum absolute atomic E-state index is 0.117. The summed E-state index contributed by atoms with van der Waals surface area (Å²) in [6.45, 7) is 2.09. The van der Waals surface area contributed by atoms with Crippen LogP contribution in [0.3, 0.4) is 0 Å². The van der Waals surface area contributed by atoms with Gasteiger partial charge in [-0.3, -0.25) is 4.79 Å². The SMILES string of the molecule is CC(=O)Nc1cccc(Nc2cnnc(NCc3ccccc3)n2)c1. The maximum absolute atomic E-state index is 11.1. The lowest BCUT2D eigenvalue weighted by Gasteiger charge is -2.09. The summed E-state index contributed by atoms with van der Waals surface area (Å²) >= 11 is 0. The van der Waals surface area contributed by atoms with E-state index in [0.717, 1.165) is 11.3 Å². The highest BCUT2D eigenvalue weighted by Crippen LogP contribution is 2.19. The van der Waals surface area contributed by atoms with Crippen molar-refractivity contribution in [2.75, 3.05) is 16.0 Å². The highest BCUT2D eigenvalue weighted by Gasteiger charge is 2.03. The van der Waals surface area contributed by atoms with Crippen LogP contribution in [0.1, 0.15) is 12.5 Å². The van der Waals surface area contributed by atoms with Crippen LogP contribution < -0.4 is 16.0 Å². The van der Waals surface area contributed by atoms with Gasteiger partial charge >= 0.3 is 0 Å². The molecule has 0 aliphatic carbocycles. The lowest BCUT2D eigenvalue weighted by atomic mass is 10.2. The molecule has 7 nitrogen and oxygen atoms in total. The minimum atomic E-state index is -0.117. The molecule has 0 fully saturated rings. The Balaban J connectivity index is 1.66. The maximum Gasteiger partial charge on any atom is 0.244 e. The fourth-order valence-corrected chi connectivity index (χ4v) is 2.24. The van der Waals surface area contributed by atoms with E-state index in [0.29, 0.717) is 24.0 Å². The van der Waals surface area contributed by atoms with Crippen LogP contribution in [-0.2, 0) is 11.3 Å². The van der Waals surface area contributed by atoms with E-state index in [9.17, 15) is 4.79 Å². The summed E-state index contributed by atoms with van der Waals surface area (Å²) in [6, 6.07) is 17.3. The largest absolute Gasteiger partial charge is 0.349 e. The van der Waals surface area contributed by atoms with E-state index in [1.54, 1.807) is 6.20 Å². The number of carbonyl (C=O) groups is 1. The van der Waals surface area contributed by atoms with Crippen LogP contribution in [0.25, 0.3) is 0 Å². The van der Waals surface area contributed by atoms with E-state index in [4.69, 9.17) is 0 Å². The summed E-state index contributed by atoms with van der Waals surface area (Å²) < 4.78 is 0. The molecule has 0 saturated carbocycles. The Morgan fingerprint density at radius 2 is 1.84 bits per heavy atom. The van der Waals surface area contributed by atoms with Gasteiger partial charge < -0.3 is 16.0 Å². The van der Waals surface area contributed by atoms with Crippen molar-refractivity contribution in [3.8, 4) is 0 Å². The molecule has 3 N–H and O–H groups in total. The molecule has 2 aromatic carbocycles. The van der Waals surface area contributed by atoms with Crippen LogP contribution >= 0.6 is 0 Å². The van der Waals surface area contributed by atoms with Gasteiger partial charge in [-0.25, -0.2) is 0 Å². The van der Waals surface area contributed by atoms with Gasteiger partial charge in [0.1, 0.15) is 0 Å². The molecule has 7 heteroatoms. The molecule has 0 bridgehead atoms. The van der Waals surface area contributed by atoms with Gasteiger partial charge in [0.05, 0.1) is 6.20 Å². The Labute approximate surface area is 145 Å². The van der Waals surface area contributed by atoms with Gasteiger partial charge in [-0.2, -0.15) is 10.1 Å². The normalized spacial score (nSPS) is 10.1. The topological polar surface area (TPSA) is 91.8 Å². The van der Waals surface area contributed by atoms with Gasteiger partial charge in [-0.1, -0.05) is 36.4 Å².